The van der Waals surface area contributed by atoms with Crippen LogP contribution in [0, 0.1) is 0 Å². The molecule has 0 amide bonds. The summed E-state index contributed by atoms with van der Waals surface area (Å²) in [4.78, 5) is 11.4. The Morgan fingerprint density at radius 2 is 0.223 bits per heavy atom. The van der Waals surface area contributed by atoms with Crippen LogP contribution in [0.15, 0.2) is 431 Å². The largest absolute Gasteiger partial charge is 0.457 e. The van der Waals surface area contributed by atoms with Crippen LogP contribution in [0.2, 0.25) is 0 Å². The van der Waals surface area contributed by atoms with Gasteiger partial charge in [-0.05, 0) is 264 Å². The SMILES string of the molecule is c1ccc(-c2ccc(N(c3ccc(Oc4ccc(N(c5ccccc5)c5ccc(-c6ccc(N(c7ccccc7)c7ccccc7)cc6)cc5)cc4)cc3)c3ccc(Oc4ccc(N(c5ccccc5)c5ccc(-c6ccc(N(c7ccccc7)c7ccccc7)cc6)cc5)cc4)cc3)cc2)cc1. The zero-order chi connectivity index (χ0) is 68.9. The van der Waals surface area contributed by atoms with E-state index in [2.05, 4.69) is 401 Å². The molecule has 16 rings (SSSR count). The van der Waals surface area contributed by atoms with E-state index in [-0.39, 0.29) is 0 Å². The van der Waals surface area contributed by atoms with Crippen molar-refractivity contribution in [3.05, 3.63) is 431 Å². The molecule has 0 unspecified atom stereocenters. The van der Waals surface area contributed by atoms with Crippen LogP contribution in [0.25, 0.3) is 33.4 Å². The summed E-state index contributed by atoms with van der Waals surface area (Å²) in [6.07, 6.45) is 0. The number of nitrogens with zero attached hydrogens (tertiary/aromatic N) is 5. The summed E-state index contributed by atoms with van der Waals surface area (Å²) in [5, 5.41) is 0. The van der Waals surface area contributed by atoms with Crippen molar-refractivity contribution in [3.8, 4) is 56.4 Å². The van der Waals surface area contributed by atoms with E-state index in [4.69, 9.17) is 9.47 Å². The van der Waals surface area contributed by atoms with Gasteiger partial charge in [-0.25, -0.2) is 0 Å². The molecule has 0 N–H and O–H groups in total. The Labute approximate surface area is 602 Å². The Balaban J connectivity index is 0.609. The molecule has 492 valence electrons. The summed E-state index contributed by atoms with van der Waals surface area (Å²) in [5.74, 6) is 2.90. The second-order valence-electron chi connectivity index (χ2n) is 25.0. The molecule has 7 heteroatoms. The van der Waals surface area contributed by atoms with E-state index >= 15 is 0 Å². The zero-order valence-corrected chi connectivity index (χ0v) is 56.5. The lowest BCUT2D eigenvalue weighted by molar-refractivity contribution is 0.482. The first-order valence-electron chi connectivity index (χ1n) is 34.7. The lowest BCUT2D eigenvalue weighted by Gasteiger charge is -2.26. The first-order chi connectivity index (χ1) is 51.0. The third-order valence-electron chi connectivity index (χ3n) is 18.3. The van der Waals surface area contributed by atoms with Gasteiger partial charge in [-0.1, -0.05) is 200 Å². The highest BCUT2D eigenvalue weighted by Crippen LogP contribution is 2.44. The van der Waals surface area contributed by atoms with Crippen molar-refractivity contribution in [1.29, 1.82) is 0 Å². The van der Waals surface area contributed by atoms with Gasteiger partial charge in [0, 0.05) is 85.3 Å². The molecular weight excluding hydrogens is 1260 g/mol. The van der Waals surface area contributed by atoms with Crippen LogP contribution in [0.3, 0.4) is 0 Å². The second kappa shape index (κ2) is 30.1. The van der Waals surface area contributed by atoms with E-state index in [1.165, 1.54) is 0 Å². The summed E-state index contributed by atoms with van der Waals surface area (Å²) in [7, 11) is 0. The van der Waals surface area contributed by atoms with Crippen molar-refractivity contribution < 1.29 is 9.47 Å². The number of anilines is 15. The van der Waals surface area contributed by atoms with Gasteiger partial charge >= 0.3 is 0 Å². The van der Waals surface area contributed by atoms with Gasteiger partial charge in [0.15, 0.2) is 0 Å². The molecule has 0 spiro atoms. The molecule has 0 atom stereocenters. The fourth-order valence-corrected chi connectivity index (χ4v) is 13.3. The highest BCUT2D eigenvalue weighted by molar-refractivity contribution is 5.85. The van der Waals surface area contributed by atoms with E-state index < -0.39 is 0 Å². The molecule has 0 aliphatic heterocycles. The van der Waals surface area contributed by atoms with E-state index in [0.29, 0.717) is 0 Å². The van der Waals surface area contributed by atoms with Gasteiger partial charge in [0.1, 0.15) is 23.0 Å². The molecule has 7 nitrogen and oxygen atoms in total. The summed E-state index contributed by atoms with van der Waals surface area (Å²) in [6.45, 7) is 0. The molecule has 0 radical (unpaired) electrons. The highest BCUT2D eigenvalue weighted by atomic mass is 16.5. The number of para-hydroxylation sites is 6. The highest BCUT2D eigenvalue weighted by Gasteiger charge is 2.20. The van der Waals surface area contributed by atoms with Crippen molar-refractivity contribution >= 4 is 85.3 Å². The van der Waals surface area contributed by atoms with Gasteiger partial charge in [-0.3, -0.25) is 0 Å². The normalized spacial score (nSPS) is 10.9. The Morgan fingerprint density at radius 3 is 0.379 bits per heavy atom. The van der Waals surface area contributed by atoms with E-state index in [1.807, 2.05) is 54.6 Å². The minimum Gasteiger partial charge on any atom is -0.457 e. The van der Waals surface area contributed by atoms with Gasteiger partial charge in [-0.15, -0.1) is 0 Å². The average Bonchev–Trinajstić information content (AvgIpc) is 0.825. The molecule has 0 heterocycles. The zero-order valence-electron chi connectivity index (χ0n) is 56.5. The van der Waals surface area contributed by atoms with Crippen LogP contribution in [-0.4, -0.2) is 0 Å². The summed E-state index contributed by atoms with van der Waals surface area (Å²) in [6, 6.07) is 151. The van der Waals surface area contributed by atoms with Gasteiger partial charge in [-0.2, -0.15) is 0 Å². The van der Waals surface area contributed by atoms with Crippen molar-refractivity contribution in [1.82, 2.24) is 0 Å². The molecule has 16 aromatic rings. The number of hydrogen-bond donors (Lipinski definition) is 0. The first-order valence-corrected chi connectivity index (χ1v) is 34.7. The molecule has 0 aliphatic carbocycles. The molecule has 16 aromatic carbocycles. The third-order valence-corrected chi connectivity index (χ3v) is 18.3. The fraction of sp³-hybridized carbons (Fsp3) is 0. The van der Waals surface area contributed by atoms with Crippen LogP contribution in [-0.2, 0) is 0 Å². The molecule has 0 aromatic heterocycles. The van der Waals surface area contributed by atoms with Crippen LogP contribution >= 0.6 is 0 Å². The minimum absolute atomic E-state index is 0.722. The van der Waals surface area contributed by atoms with Gasteiger partial charge in [0.25, 0.3) is 0 Å². The maximum Gasteiger partial charge on any atom is 0.127 e. The minimum atomic E-state index is 0.722. The van der Waals surface area contributed by atoms with Crippen LogP contribution < -0.4 is 34.0 Å². The Morgan fingerprint density at radius 1 is 0.107 bits per heavy atom. The number of ether oxygens (including phenoxy) is 2. The molecule has 103 heavy (non-hydrogen) atoms. The van der Waals surface area contributed by atoms with Crippen LogP contribution in [0.4, 0.5) is 85.3 Å². The lowest BCUT2D eigenvalue weighted by Crippen LogP contribution is -2.10. The van der Waals surface area contributed by atoms with Crippen molar-refractivity contribution in [2.75, 3.05) is 24.5 Å². The monoisotopic (exact) mass is 1330 g/mol. The van der Waals surface area contributed by atoms with Crippen molar-refractivity contribution in [2.24, 2.45) is 0 Å². The van der Waals surface area contributed by atoms with Crippen LogP contribution in [0.5, 0.6) is 23.0 Å². The quantitative estimate of drug-likeness (QED) is 0.0669. The van der Waals surface area contributed by atoms with E-state index in [9.17, 15) is 0 Å². The smallest absolute Gasteiger partial charge is 0.127 e. The van der Waals surface area contributed by atoms with Crippen molar-refractivity contribution in [2.45, 2.75) is 0 Å². The second-order valence-corrected chi connectivity index (χ2v) is 25.0. The number of rotatable bonds is 22. The van der Waals surface area contributed by atoms with E-state index in [0.717, 1.165) is 142 Å². The third kappa shape index (κ3) is 14.5. The molecule has 0 saturated heterocycles. The Kier molecular flexibility index (Phi) is 18.6. The van der Waals surface area contributed by atoms with Crippen LogP contribution in [0.1, 0.15) is 0 Å². The first kappa shape index (κ1) is 63.8. The summed E-state index contributed by atoms with van der Waals surface area (Å²) in [5.41, 5.74) is 22.6. The van der Waals surface area contributed by atoms with Crippen molar-refractivity contribution in [3.63, 3.8) is 0 Å². The summed E-state index contributed by atoms with van der Waals surface area (Å²) >= 11 is 0. The molecule has 0 bridgehead atoms. The molecular formula is C96H71N5O2. The fourth-order valence-electron chi connectivity index (χ4n) is 13.3. The standard InChI is InChI=1S/C96H71N5O2/c1-8-22-72(23-9-1)73-36-46-88(47-37-73)101(91-60-68-95(69-61-91)102-93-64-56-89(57-65-93)99(82-32-18-6-19-33-82)86-52-42-76(43-53-86)74-38-48-84(49-39-74)97(78-24-10-2-11-25-78)79-26-12-3-13-27-79)92-62-70-96(71-63-92)103-94-66-58-90(59-67-94)100(83-34-20-7-21-35-83)87-54-44-77(45-55-87)75-40-50-85(51-41-75)98(80-28-14-4-15-29-80)81-30-16-5-17-31-81/h1-71H. The summed E-state index contributed by atoms with van der Waals surface area (Å²) < 4.78 is 13.2. The molecule has 0 fully saturated rings. The predicted octanol–water partition coefficient (Wildman–Crippen LogP) is 27.6. The molecule has 0 saturated carbocycles. The Bertz CT molecular complexity index is 4960. The number of hydrogen-bond acceptors (Lipinski definition) is 7. The topological polar surface area (TPSA) is 34.7 Å². The average molecular weight is 1330 g/mol. The van der Waals surface area contributed by atoms with Gasteiger partial charge in [0.05, 0.1) is 0 Å². The predicted molar refractivity (Wildman–Crippen MR) is 429 cm³/mol. The molecule has 0 aliphatic rings. The maximum absolute atomic E-state index is 6.60. The number of benzene rings is 16. The Hall–Kier alpha value is -13.9. The van der Waals surface area contributed by atoms with Gasteiger partial charge < -0.3 is 34.0 Å². The maximum atomic E-state index is 6.60. The van der Waals surface area contributed by atoms with Gasteiger partial charge in [0.2, 0.25) is 0 Å². The lowest BCUT2D eigenvalue weighted by atomic mass is 10.0. The van der Waals surface area contributed by atoms with E-state index in [1.54, 1.807) is 0 Å².